The van der Waals surface area contributed by atoms with Crippen molar-refractivity contribution in [1.29, 1.82) is 0 Å². The molecule has 1 aromatic heterocycles. The first-order valence-corrected chi connectivity index (χ1v) is 9.43. The molecule has 5 heteroatoms. The Bertz CT molecular complexity index is 994. The number of carbonyl (C=O) groups excluding carboxylic acids is 1. The predicted molar refractivity (Wildman–Crippen MR) is 115 cm³/mol. The standard InChI is InChI=1S/C23H26N4O/c1-14(2)20-8-6-7-15(3)22(20)27-23-24-16(4)13-21(26-23)25-19-11-9-18(10-12-19)17(5)28/h6-14H,1-5H3,(H2,24,25,26,27). The average Bonchev–Trinajstić information content (AvgIpc) is 2.63. The third-order valence-corrected chi connectivity index (χ3v) is 4.58. The summed E-state index contributed by atoms with van der Waals surface area (Å²) in [6.45, 7) is 9.94. The first kappa shape index (κ1) is 19.5. The normalized spacial score (nSPS) is 10.8. The Kier molecular flexibility index (Phi) is 5.73. The van der Waals surface area contributed by atoms with Gasteiger partial charge in [-0.1, -0.05) is 32.0 Å². The van der Waals surface area contributed by atoms with Gasteiger partial charge in [-0.3, -0.25) is 4.79 Å². The van der Waals surface area contributed by atoms with Crippen LogP contribution in [0.15, 0.2) is 48.5 Å². The number of Topliss-reactive ketones (excluding diaryl/α,β-unsaturated/α-hetero) is 1. The van der Waals surface area contributed by atoms with Crippen LogP contribution < -0.4 is 10.6 Å². The molecule has 28 heavy (non-hydrogen) atoms. The average molecular weight is 374 g/mol. The molecule has 2 aromatic carbocycles. The van der Waals surface area contributed by atoms with E-state index in [9.17, 15) is 4.79 Å². The molecule has 0 saturated heterocycles. The van der Waals surface area contributed by atoms with E-state index >= 15 is 0 Å². The molecular weight excluding hydrogens is 348 g/mol. The number of hydrogen-bond donors (Lipinski definition) is 2. The monoisotopic (exact) mass is 374 g/mol. The molecule has 0 spiro atoms. The fraction of sp³-hybridized carbons (Fsp3) is 0.261. The first-order valence-electron chi connectivity index (χ1n) is 9.43. The first-order chi connectivity index (χ1) is 13.3. The van der Waals surface area contributed by atoms with Gasteiger partial charge in [0.15, 0.2) is 5.78 Å². The molecule has 1 heterocycles. The molecule has 0 atom stereocenters. The van der Waals surface area contributed by atoms with Crippen molar-refractivity contribution >= 4 is 28.9 Å². The highest BCUT2D eigenvalue weighted by atomic mass is 16.1. The maximum atomic E-state index is 11.4. The zero-order valence-corrected chi connectivity index (χ0v) is 17.0. The van der Waals surface area contributed by atoms with Crippen LogP contribution in [0.4, 0.5) is 23.1 Å². The van der Waals surface area contributed by atoms with E-state index in [0.29, 0.717) is 23.2 Å². The minimum atomic E-state index is 0.0510. The van der Waals surface area contributed by atoms with Crippen LogP contribution in [-0.4, -0.2) is 15.8 Å². The Hall–Kier alpha value is -3.21. The van der Waals surface area contributed by atoms with Gasteiger partial charge in [-0.15, -0.1) is 0 Å². The quantitative estimate of drug-likeness (QED) is 0.525. The highest BCUT2D eigenvalue weighted by Gasteiger charge is 2.11. The number of aromatic nitrogens is 2. The molecule has 5 nitrogen and oxygen atoms in total. The lowest BCUT2D eigenvalue weighted by Crippen LogP contribution is -2.06. The van der Waals surface area contributed by atoms with Gasteiger partial charge in [-0.25, -0.2) is 4.98 Å². The van der Waals surface area contributed by atoms with Gasteiger partial charge in [-0.05, 0) is 62.1 Å². The van der Waals surface area contributed by atoms with Crippen molar-refractivity contribution in [3.05, 3.63) is 70.9 Å². The number of hydrogen-bond acceptors (Lipinski definition) is 5. The summed E-state index contributed by atoms with van der Waals surface area (Å²) in [4.78, 5) is 20.6. The van der Waals surface area contributed by atoms with Crippen LogP contribution in [0.25, 0.3) is 0 Å². The Morgan fingerprint density at radius 1 is 0.964 bits per heavy atom. The summed E-state index contributed by atoms with van der Waals surface area (Å²) in [5.41, 5.74) is 5.87. The van der Waals surface area contributed by atoms with Crippen LogP contribution in [0.1, 0.15) is 53.9 Å². The number of benzene rings is 2. The highest BCUT2D eigenvalue weighted by molar-refractivity contribution is 5.94. The van der Waals surface area contributed by atoms with E-state index in [2.05, 4.69) is 59.6 Å². The molecule has 0 amide bonds. The molecule has 144 valence electrons. The van der Waals surface area contributed by atoms with Crippen LogP contribution in [0.2, 0.25) is 0 Å². The van der Waals surface area contributed by atoms with Crippen LogP contribution in [-0.2, 0) is 0 Å². The lowest BCUT2D eigenvalue weighted by Gasteiger charge is -2.17. The number of para-hydroxylation sites is 1. The number of ketones is 1. The van der Waals surface area contributed by atoms with Crippen molar-refractivity contribution in [3.8, 4) is 0 Å². The SMILES string of the molecule is CC(=O)c1ccc(Nc2cc(C)nc(Nc3c(C)cccc3C(C)C)n2)cc1. The zero-order valence-electron chi connectivity index (χ0n) is 17.0. The maximum absolute atomic E-state index is 11.4. The van der Waals surface area contributed by atoms with Gasteiger partial charge in [0, 0.05) is 28.7 Å². The third-order valence-electron chi connectivity index (χ3n) is 4.58. The number of nitrogens with one attached hydrogen (secondary N) is 2. The molecule has 0 fully saturated rings. The van der Waals surface area contributed by atoms with Crippen LogP contribution in [0.5, 0.6) is 0 Å². The van der Waals surface area contributed by atoms with E-state index in [0.717, 1.165) is 22.6 Å². The lowest BCUT2D eigenvalue weighted by molar-refractivity contribution is 0.101. The van der Waals surface area contributed by atoms with Gasteiger partial charge >= 0.3 is 0 Å². The number of rotatable bonds is 6. The zero-order chi connectivity index (χ0) is 20.3. The van der Waals surface area contributed by atoms with Gasteiger partial charge in [0.2, 0.25) is 5.95 Å². The molecule has 2 N–H and O–H groups in total. The largest absolute Gasteiger partial charge is 0.340 e. The molecule has 0 aliphatic carbocycles. The fourth-order valence-electron chi connectivity index (χ4n) is 3.08. The number of aryl methyl sites for hydroxylation is 2. The van der Waals surface area contributed by atoms with E-state index < -0.39 is 0 Å². The summed E-state index contributed by atoms with van der Waals surface area (Å²) in [6.07, 6.45) is 0. The topological polar surface area (TPSA) is 66.9 Å². The second kappa shape index (κ2) is 8.21. The summed E-state index contributed by atoms with van der Waals surface area (Å²) < 4.78 is 0. The van der Waals surface area contributed by atoms with Crippen LogP contribution in [0.3, 0.4) is 0 Å². The van der Waals surface area contributed by atoms with Gasteiger partial charge in [0.05, 0.1) is 0 Å². The fourth-order valence-corrected chi connectivity index (χ4v) is 3.08. The van der Waals surface area contributed by atoms with Crippen molar-refractivity contribution in [2.24, 2.45) is 0 Å². The minimum absolute atomic E-state index is 0.0510. The van der Waals surface area contributed by atoms with Crippen molar-refractivity contribution in [1.82, 2.24) is 9.97 Å². The van der Waals surface area contributed by atoms with Crippen LogP contribution in [0, 0.1) is 13.8 Å². The molecule has 0 aliphatic heterocycles. The second-order valence-electron chi connectivity index (χ2n) is 7.30. The van der Waals surface area contributed by atoms with Gasteiger partial charge in [0.1, 0.15) is 5.82 Å². The summed E-state index contributed by atoms with van der Waals surface area (Å²) >= 11 is 0. The molecule has 0 radical (unpaired) electrons. The minimum Gasteiger partial charge on any atom is -0.340 e. The predicted octanol–water partition coefficient (Wildman–Crippen LogP) is 5.91. The number of carbonyl (C=O) groups is 1. The number of anilines is 4. The van der Waals surface area contributed by atoms with E-state index in [1.807, 2.05) is 25.1 Å². The molecule has 0 saturated carbocycles. The van der Waals surface area contributed by atoms with Crippen molar-refractivity contribution in [3.63, 3.8) is 0 Å². The molecule has 3 rings (SSSR count). The van der Waals surface area contributed by atoms with E-state index in [1.165, 1.54) is 5.56 Å². The summed E-state index contributed by atoms with van der Waals surface area (Å²) in [5, 5.41) is 6.69. The highest BCUT2D eigenvalue weighted by Crippen LogP contribution is 2.29. The molecule has 0 bridgehead atoms. The Balaban J connectivity index is 1.87. The summed E-state index contributed by atoms with van der Waals surface area (Å²) in [5.74, 6) is 1.70. The van der Waals surface area contributed by atoms with E-state index in [4.69, 9.17) is 0 Å². The van der Waals surface area contributed by atoms with Gasteiger partial charge in [0.25, 0.3) is 0 Å². The lowest BCUT2D eigenvalue weighted by atomic mass is 9.98. The number of nitrogens with zero attached hydrogens (tertiary/aromatic N) is 2. The Morgan fingerprint density at radius 3 is 2.32 bits per heavy atom. The summed E-state index contributed by atoms with van der Waals surface area (Å²) in [6, 6.07) is 15.5. The molecule has 0 unspecified atom stereocenters. The summed E-state index contributed by atoms with van der Waals surface area (Å²) in [7, 11) is 0. The second-order valence-corrected chi connectivity index (χ2v) is 7.30. The maximum Gasteiger partial charge on any atom is 0.229 e. The Labute approximate surface area is 166 Å². The van der Waals surface area contributed by atoms with E-state index in [-0.39, 0.29) is 5.78 Å². The Morgan fingerprint density at radius 2 is 1.68 bits per heavy atom. The van der Waals surface area contributed by atoms with Crippen molar-refractivity contribution < 1.29 is 4.79 Å². The molecular formula is C23H26N4O. The molecule has 3 aromatic rings. The van der Waals surface area contributed by atoms with Crippen molar-refractivity contribution in [2.75, 3.05) is 10.6 Å². The smallest absolute Gasteiger partial charge is 0.229 e. The van der Waals surface area contributed by atoms with Crippen molar-refractivity contribution in [2.45, 2.75) is 40.5 Å². The van der Waals surface area contributed by atoms with Gasteiger partial charge < -0.3 is 10.6 Å². The van der Waals surface area contributed by atoms with E-state index in [1.54, 1.807) is 19.1 Å². The van der Waals surface area contributed by atoms with Gasteiger partial charge in [-0.2, -0.15) is 4.98 Å². The van der Waals surface area contributed by atoms with Crippen LogP contribution >= 0.6 is 0 Å². The third kappa shape index (κ3) is 4.55. The molecule has 0 aliphatic rings.